The number of hydrogen-bond acceptors (Lipinski definition) is 1. The van der Waals surface area contributed by atoms with E-state index < -0.39 is 17.7 Å². The summed E-state index contributed by atoms with van der Waals surface area (Å²) in [4.78, 5) is 0. The van der Waals surface area contributed by atoms with E-state index in [2.05, 4.69) is 0 Å². The van der Waals surface area contributed by atoms with Crippen molar-refractivity contribution in [3.63, 3.8) is 0 Å². The molecule has 1 fully saturated rings. The molecule has 0 bridgehead atoms. The van der Waals surface area contributed by atoms with Crippen LogP contribution in [-0.2, 0) is 5.60 Å². The van der Waals surface area contributed by atoms with Crippen molar-refractivity contribution in [2.75, 3.05) is 0 Å². The van der Waals surface area contributed by atoms with E-state index in [0.717, 1.165) is 0 Å². The molecule has 2 atom stereocenters. The molecule has 1 nitrogen and oxygen atoms in total. The second kappa shape index (κ2) is 6.36. The molecule has 0 amide bonds. The fraction of sp³-hybridized carbons (Fsp3) is 0.474. The van der Waals surface area contributed by atoms with Crippen molar-refractivity contribution in [3.05, 3.63) is 60.0 Å². The summed E-state index contributed by atoms with van der Waals surface area (Å²) in [5, 5.41) is 11.2. The Balaban J connectivity index is 1.80. The smallest absolute Gasteiger partial charge is 0.380 e. The van der Waals surface area contributed by atoms with Gasteiger partial charge in [0, 0.05) is 5.92 Å². The van der Waals surface area contributed by atoms with Gasteiger partial charge in [-0.1, -0.05) is 30.4 Å². The number of aliphatic hydroxyl groups is 1. The van der Waals surface area contributed by atoms with Crippen LogP contribution in [0.15, 0.2) is 48.6 Å². The van der Waals surface area contributed by atoms with Gasteiger partial charge in [-0.05, 0) is 55.4 Å². The van der Waals surface area contributed by atoms with Gasteiger partial charge in [0.2, 0.25) is 0 Å². The lowest BCUT2D eigenvalue weighted by Crippen LogP contribution is -2.40. The molecule has 1 saturated carbocycles. The van der Waals surface area contributed by atoms with Gasteiger partial charge in [-0.15, -0.1) is 0 Å². The lowest BCUT2D eigenvalue weighted by atomic mass is 9.66. The van der Waals surface area contributed by atoms with E-state index in [-0.39, 0.29) is 30.5 Å². The molecule has 2 aliphatic carbocycles. The molecule has 24 heavy (non-hydrogen) atoms. The Bertz CT molecular complexity index is 624. The van der Waals surface area contributed by atoms with E-state index in [1.807, 2.05) is 12.2 Å². The number of hydrogen-bond donors (Lipinski definition) is 1. The van der Waals surface area contributed by atoms with Gasteiger partial charge in [0.05, 0.1) is 5.92 Å². The molecule has 1 aromatic rings. The van der Waals surface area contributed by atoms with Crippen LogP contribution in [0.1, 0.15) is 31.2 Å². The van der Waals surface area contributed by atoms with E-state index in [0.29, 0.717) is 18.4 Å². The molecule has 2 aliphatic rings. The molecule has 0 aromatic heterocycles. The first-order chi connectivity index (χ1) is 11.3. The normalized spacial score (nSPS) is 33.6. The SMILES string of the molecule is OC1(c2ccc(F)cc2)C=CC=CC1C1CCC(C(F)(F)F)CC1. The molecule has 0 saturated heterocycles. The maximum absolute atomic E-state index is 13.2. The van der Waals surface area contributed by atoms with Crippen molar-refractivity contribution >= 4 is 0 Å². The van der Waals surface area contributed by atoms with Gasteiger partial charge < -0.3 is 5.11 Å². The summed E-state index contributed by atoms with van der Waals surface area (Å²) in [6.45, 7) is 0. The Labute approximate surface area is 138 Å². The standard InChI is InChI=1S/C19H20F4O/c20-16-10-8-14(9-11-16)18(24)12-2-1-3-17(18)13-4-6-15(7-5-13)19(21,22)23/h1-3,8-13,15,17,24H,4-7H2. The van der Waals surface area contributed by atoms with Crippen molar-refractivity contribution < 1.29 is 22.7 Å². The second-order valence-electron chi connectivity index (χ2n) is 6.76. The first kappa shape index (κ1) is 17.2. The molecule has 0 spiro atoms. The zero-order chi connectivity index (χ0) is 17.4. The van der Waals surface area contributed by atoms with E-state index in [9.17, 15) is 22.7 Å². The van der Waals surface area contributed by atoms with Crippen LogP contribution in [0.3, 0.4) is 0 Å². The van der Waals surface area contributed by atoms with Gasteiger partial charge in [-0.25, -0.2) is 4.39 Å². The number of benzene rings is 1. The zero-order valence-electron chi connectivity index (χ0n) is 13.1. The first-order valence-corrected chi connectivity index (χ1v) is 8.22. The molecule has 0 radical (unpaired) electrons. The lowest BCUT2D eigenvalue weighted by molar-refractivity contribution is -0.185. The number of rotatable bonds is 2. The average molecular weight is 340 g/mol. The van der Waals surface area contributed by atoms with Crippen LogP contribution >= 0.6 is 0 Å². The van der Waals surface area contributed by atoms with Crippen molar-refractivity contribution in [1.29, 1.82) is 0 Å². The minimum atomic E-state index is -4.14. The third kappa shape index (κ3) is 3.27. The molecule has 1 aromatic carbocycles. The minimum Gasteiger partial charge on any atom is -0.380 e. The van der Waals surface area contributed by atoms with Crippen molar-refractivity contribution in [2.24, 2.45) is 17.8 Å². The monoisotopic (exact) mass is 340 g/mol. The van der Waals surface area contributed by atoms with Crippen LogP contribution in [0.5, 0.6) is 0 Å². The van der Waals surface area contributed by atoms with Gasteiger partial charge in [0.1, 0.15) is 11.4 Å². The molecule has 5 heteroatoms. The third-order valence-electron chi connectivity index (χ3n) is 5.34. The maximum Gasteiger partial charge on any atom is 0.391 e. The highest BCUT2D eigenvalue weighted by atomic mass is 19.4. The van der Waals surface area contributed by atoms with Crippen molar-refractivity contribution in [1.82, 2.24) is 0 Å². The Morgan fingerprint density at radius 2 is 1.58 bits per heavy atom. The van der Waals surface area contributed by atoms with Gasteiger partial charge >= 0.3 is 6.18 Å². The van der Waals surface area contributed by atoms with E-state index in [1.165, 1.54) is 24.3 Å². The molecule has 2 unspecified atom stereocenters. The highest BCUT2D eigenvalue weighted by Gasteiger charge is 2.46. The van der Waals surface area contributed by atoms with Crippen molar-refractivity contribution in [2.45, 2.75) is 37.5 Å². The number of allylic oxidation sites excluding steroid dienone is 2. The molecule has 130 valence electrons. The number of halogens is 4. The quantitative estimate of drug-likeness (QED) is 0.741. The summed E-state index contributed by atoms with van der Waals surface area (Å²) < 4.78 is 51.7. The minimum absolute atomic E-state index is 0.0279. The zero-order valence-corrected chi connectivity index (χ0v) is 13.1. The van der Waals surface area contributed by atoms with Gasteiger partial charge in [0.15, 0.2) is 0 Å². The molecular weight excluding hydrogens is 320 g/mol. The van der Waals surface area contributed by atoms with E-state index in [4.69, 9.17) is 0 Å². The molecule has 0 aliphatic heterocycles. The highest BCUT2D eigenvalue weighted by molar-refractivity contribution is 5.35. The molecule has 0 heterocycles. The molecular formula is C19H20F4O. The summed E-state index contributed by atoms with van der Waals surface area (Å²) in [6.07, 6.45) is 3.97. The van der Waals surface area contributed by atoms with E-state index >= 15 is 0 Å². The summed E-state index contributed by atoms with van der Waals surface area (Å²) in [6, 6.07) is 5.65. The Hall–Kier alpha value is -1.62. The summed E-state index contributed by atoms with van der Waals surface area (Å²) >= 11 is 0. The summed E-state index contributed by atoms with van der Waals surface area (Å²) in [5.74, 6) is -1.96. The van der Waals surface area contributed by atoms with E-state index in [1.54, 1.807) is 12.2 Å². The van der Waals surface area contributed by atoms with Crippen LogP contribution in [-0.4, -0.2) is 11.3 Å². The largest absolute Gasteiger partial charge is 0.391 e. The maximum atomic E-state index is 13.2. The average Bonchev–Trinajstić information content (AvgIpc) is 2.55. The first-order valence-electron chi connectivity index (χ1n) is 8.22. The van der Waals surface area contributed by atoms with Crippen LogP contribution in [0, 0.1) is 23.6 Å². The Kier molecular flexibility index (Phi) is 4.56. The van der Waals surface area contributed by atoms with Crippen LogP contribution in [0.4, 0.5) is 17.6 Å². The van der Waals surface area contributed by atoms with Gasteiger partial charge in [0.25, 0.3) is 0 Å². The second-order valence-corrected chi connectivity index (χ2v) is 6.76. The highest BCUT2D eigenvalue weighted by Crippen LogP contribution is 2.47. The van der Waals surface area contributed by atoms with Gasteiger partial charge in [-0.3, -0.25) is 0 Å². The third-order valence-corrected chi connectivity index (χ3v) is 5.34. The number of alkyl halides is 3. The fourth-order valence-electron chi connectivity index (χ4n) is 3.97. The summed E-state index contributed by atoms with van der Waals surface area (Å²) in [7, 11) is 0. The molecule has 1 N–H and O–H groups in total. The fourth-order valence-corrected chi connectivity index (χ4v) is 3.97. The predicted octanol–water partition coefficient (Wildman–Crippen LogP) is 5.12. The van der Waals surface area contributed by atoms with Gasteiger partial charge in [-0.2, -0.15) is 13.2 Å². The predicted molar refractivity (Wildman–Crippen MR) is 83.6 cm³/mol. The van der Waals surface area contributed by atoms with Crippen LogP contribution in [0.2, 0.25) is 0 Å². The van der Waals surface area contributed by atoms with Crippen LogP contribution in [0.25, 0.3) is 0 Å². The Morgan fingerprint density at radius 3 is 2.17 bits per heavy atom. The summed E-state index contributed by atoms with van der Waals surface area (Å²) in [5.41, 5.74) is -0.745. The Morgan fingerprint density at radius 1 is 0.958 bits per heavy atom. The van der Waals surface area contributed by atoms with Crippen molar-refractivity contribution in [3.8, 4) is 0 Å². The van der Waals surface area contributed by atoms with Crippen LogP contribution < -0.4 is 0 Å². The molecule has 3 rings (SSSR count). The topological polar surface area (TPSA) is 20.2 Å². The lowest BCUT2D eigenvalue weighted by Gasteiger charge is -2.42.